The first-order chi connectivity index (χ1) is 11.1. The Morgan fingerprint density at radius 1 is 1.22 bits per heavy atom. The van der Waals surface area contributed by atoms with Gasteiger partial charge in [0.1, 0.15) is 11.5 Å². The van der Waals surface area contributed by atoms with Crippen molar-refractivity contribution in [3.8, 4) is 11.5 Å². The molecule has 0 heterocycles. The summed E-state index contributed by atoms with van der Waals surface area (Å²) in [6, 6.07) is 12.1. The molecule has 23 heavy (non-hydrogen) atoms. The van der Waals surface area contributed by atoms with E-state index in [9.17, 15) is 9.90 Å². The van der Waals surface area contributed by atoms with Crippen molar-refractivity contribution in [2.24, 2.45) is 0 Å². The molecule has 0 atom stereocenters. The molecule has 2 aromatic rings. The van der Waals surface area contributed by atoms with E-state index in [4.69, 9.17) is 21.1 Å². The van der Waals surface area contributed by atoms with Crippen molar-refractivity contribution >= 4 is 29.2 Å². The van der Waals surface area contributed by atoms with Gasteiger partial charge >= 0.3 is 5.97 Å². The van der Waals surface area contributed by atoms with Gasteiger partial charge < -0.3 is 14.6 Å². The van der Waals surface area contributed by atoms with Gasteiger partial charge in [-0.3, -0.25) is 0 Å². The van der Waals surface area contributed by atoms with Gasteiger partial charge in [0, 0.05) is 5.56 Å². The van der Waals surface area contributed by atoms with E-state index in [0.717, 1.165) is 0 Å². The summed E-state index contributed by atoms with van der Waals surface area (Å²) in [5.74, 6) is 0.0261. The fourth-order valence-corrected chi connectivity index (χ4v) is 2.41. The smallest absolute Gasteiger partial charge is 0.336 e. The van der Waals surface area contributed by atoms with Gasteiger partial charge in [-0.2, -0.15) is 0 Å². The van der Waals surface area contributed by atoms with Crippen molar-refractivity contribution in [2.75, 3.05) is 13.7 Å². The maximum Gasteiger partial charge on any atom is 0.336 e. The lowest BCUT2D eigenvalue weighted by Gasteiger charge is -2.10. The quantitative estimate of drug-likeness (QED) is 0.630. The number of hydrogen-bond acceptors (Lipinski definition) is 3. The van der Waals surface area contributed by atoms with Gasteiger partial charge in [0.2, 0.25) is 0 Å². The molecule has 2 aromatic carbocycles. The summed E-state index contributed by atoms with van der Waals surface area (Å²) in [6.45, 7) is 2.38. The van der Waals surface area contributed by atoms with Gasteiger partial charge in [-0.15, -0.1) is 0 Å². The summed E-state index contributed by atoms with van der Waals surface area (Å²) >= 11 is 6.15. The minimum Gasteiger partial charge on any atom is -0.496 e. The fraction of sp³-hybridized carbons (Fsp3) is 0.167. The molecule has 0 amide bonds. The van der Waals surface area contributed by atoms with E-state index in [2.05, 4.69) is 0 Å². The normalized spacial score (nSPS) is 11.2. The van der Waals surface area contributed by atoms with Crippen LogP contribution in [-0.2, 0) is 4.79 Å². The second-order valence-electron chi connectivity index (χ2n) is 4.69. The Morgan fingerprint density at radius 3 is 2.57 bits per heavy atom. The van der Waals surface area contributed by atoms with E-state index >= 15 is 0 Å². The summed E-state index contributed by atoms with van der Waals surface area (Å²) < 4.78 is 10.6. The molecule has 0 fully saturated rings. The van der Waals surface area contributed by atoms with Crippen LogP contribution in [0.15, 0.2) is 42.5 Å². The topological polar surface area (TPSA) is 55.8 Å². The number of carboxylic acids is 1. The Morgan fingerprint density at radius 2 is 1.96 bits per heavy atom. The third-order valence-corrected chi connectivity index (χ3v) is 3.49. The average Bonchev–Trinajstić information content (AvgIpc) is 2.55. The molecule has 0 aliphatic rings. The number of rotatable bonds is 6. The molecule has 0 aromatic heterocycles. The maximum absolute atomic E-state index is 11.6. The molecule has 0 saturated carbocycles. The van der Waals surface area contributed by atoms with Crippen LogP contribution in [0.25, 0.3) is 11.6 Å². The van der Waals surface area contributed by atoms with Gasteiger partial charge in [0.05, 0.1) is 24.3 Å². The minimum absolute atomic E-state index is 0.127. The van der Waals surface area contributed by atoms with E-state index in [1.807, 2.05) is 6.92 Å². The number of aliphatic carboxylic acids is 1. The van der Waals surface area contributed by atoms with Gasteiger partial charge in [-0.05, 0) is 36.8 Å². The lowest BCUT2D eigenvalue weighted by Crippen LogP contribution is -2.02. The van der Waals surface area contributed by atoms with Crippen LogP contribution >= 0.6 is 11.6 Å². The van der Waals surface area contributed by atoms with Crippen LogP contribution in [0.5, 0.6) is 11.5 Å². The Balaban J connectivity index is 2.48. The molecule has 2 rings (SSSR count). The predicted octanol–water partition coefficient (Wildman–Crippen LogP) is 4.37. The van der Waals surface area contributed by atoms with Crippen molar-refractivity contribution in [1.82, 2.24) is 0 Å². The highest BCUT2D eigenvalue weighted by Gasteiger charge is 2.15. The van der Waals surface area contributed by atoms with Crippen LogP contribution in [-0.4, -0.2) is 24.8 Å². The van der Waals surface area contributed by atoms with Gasteiger partial charge in [0.25, 0.3) is 0 Å². The number of ether oxygens (including phenoxy) is 2. The standard InChI is InChI=1S/C18H17ClO4/c1-3-23-17-9-8-12(11-15(17)19)10-14(18(20)21)13-6-4-5-7-16(13)22-2/h4-11H,3H2,1-2H3,(H,20,21)/b14-10-. The Hall–Kier alpha value is -2.46. The molecular formula is C18H17ClO4. The number of benzene rings is 2. The molecule has 0 aliphatic carbocycles. The Labute approximate surface area is 139 Å². The van der Waals surface area contributed by atoms with Crippen molar-refractivity contribution in [2.45, 2.75) is 6.92 Å². The van der Waals surface area contributed by atoms with E-state index < -0.39 is 5.97 Å². The predicted molar refractivity (Wildman–Crippen MR) is 91.1 cm³/mol. The zero-order valence-electron chi connectivity index (χ0n) is 12.9. The van der Waals surface area contributed by atoms with Crippen LogP contribution in [0.2, 0.25) is 5.02 Å². The molecular weight excluding hydrogens is 316 g/mol. The van der Waals surface area contributed by atoms with E-state index in [1.54, 1.807) is 48.5 Å². The number of para-hydroxylation sites is 1. The highest BCUT2D eigenvalue weighted by Crippen LogP contribution is 2.30. The summed E-state index contributed by atoms with van der Waals surface area (Å²) in [5, 5.41) is 9.97. The minimum atomic E-state index is -1.04. The lowest BCUT2D eigenvalue weighted by atomic mass is 10.0. The highest BCUT2D eigenvalue weighted by molar-refractivity contribution is 6.32. The Kier molecular flexibility index (Phi) is 5.66. The Bertz CT molecular complexity index is 738. The number of carboxylic acid groups (broad SMARTS) is 1. The molecule has 5 heteroatoms. The number of methoxy groups -OCH3 is 1. The molecule has 0 bridgehead atoms. The summed E-state index contributed by atoms with van der Waals surface area (Å²) in [5.41, 5.74) is 1.30. The summed E-state index contributed by atoms with van der Waals surface area (Å²) in [6.07, 6.45) is 1.56. The van der Waals surface area contributed by atoms with Crippen LogP contribution in [0.3, 0.4) is 0 Å². The monoisotopic (exact) mass is 332 g/mol. The summed E-state index contributed by atoms with van der Waals surface area (Å²) in [4.78, 5) is 11.6. The van der Waals surface area contributed by atoms with Gasteiger partial charge in [-0.1, -0.05) is 35.9 Å². The highest BCUT2D eigenvalue weighted by atomic mass is 35.5. The first-order valence-electron chi connectivity index (χ1n) is 7.07. The molecule has 4 nitrogen and oxygen atoms in total. The maximum atomic E-state index is 11.6. The lowest BCUT2D eigenvalue weighted by molar-refractivity contribution is -0.130. The molecule has 0 spiro atoms. The van der Waals surface area contributed by atoms with Crippen molar-refractivity contribution in [3.05, 3.63) is 58.6 Å². The SMILES string of the molecule is CCOc1ccc(/C=C(\C(=O)O)c2ccccc2OC)cc1Cl. The fourth-order valence-electron chi connectivity index (χ4n) is 2.17. The van der Waals surface area contributed by atoms with Gasteiger partial charge in [0.15, 0.2) is 0 Å². The number of halogens is 1. The van der Waals surface area contributed by atoms with Gasteiger partial charge in [-0.25, -0.2) is 4.79 Å². The third kappa shape index (κ3) is 4.05. The van der Waals surface area contributed by atoms with E-state index in [-0.39, 0.29) is 5.57 Å². The molecule has 0 unspecified atom stereocenters. The largest absolute Gasteiger partial charge is 0.496 e. The van der Waals surface area contributed by atoms with Crippen LogP contribution < -0.4 is 9.47 Å². The number of hydrogen-bond donors (Lipinski definition) is 1. The zero-order valence-corrected chi connectivity index (χ0v) is 13.6. The summed E-state index contributed by atoms with van der Waals surface area (Å²) in [7, 11) is 1.51. The second-order valence-corrected chi connectivity index (χ2v) is 5.09. The van der Waals surface area contributed by atoms with Crippen molar-refractivity contribution in [3.63, 3.8) is 0 Å². The van der Waals surface area contributed by atoms with Crippen molar-refractivity contribution in [1.29, 1.82) is 0 Å². The van der Waals surface area contributed by atoms with Crippen LogP contribution in [0.1, 0.15) is 18.1 Å². The van der Waals surface area contributed by atoms with Crippen LogP contribution in [0.4, 0.5) is 0 Å². The van der Waals surface area contributed by atoms with Crippen molar-refractivity contribution < 1.29 is 19.4 Å². The van der Waals surface area contributed by atoms with Crippen LogP contribution in [0, 0.1) is 0 Å². The molecule has 0 radical (unpaired) electrons. The molecule has 0 aliphatic heterocycles. The second kappa shape index (κ2) is 7.70. The average molecular weight is 333 g/mol. The molecule has 120 valence electrons. The molecule has 0 saturated heterocycles. The third-order valence-electron chi connectivity index (χ3n) is 3.19. The molecule has 1 N–H and O–H groups in total. The first kappa shape index (κ1) is 16.9. The first-order valence-corrected chi connectivity index (χ1v) is 7.45. The van der Waals surface area contributed by atoms with E-state index in [0.29, 0.717) is 34.3 Å². The zero-order chi connectivity index (χ0) is 16.8. The number of carbonyl (C=O) groups is 1. The van der Waals surface area contributed by atoms with E-state index in [1.165, 1.54) is 7.11 Å².